The van der Waals surface area contributed by atoms with Gasteiger partial charge in [0.05, 0.1) is 0 Å². The maximum atomic E-state index is 12.5. The summed E-state index contributed by atoms with van der Waals surface area (Å²) in [7, 11) is 0. The molecular weight excluding hydrogens is 380 g/mol. The molecule has 8 nitrogen and oxygen atoms in total. The SMILES string of the molecule is CCc1ccc(CNC(=O)c2cn(-c3cc(-c4nc(CC)no4)ccn3)cn2)cc1. The molecule has 0 radical (unpaired) electrons. The third-order valence-corrected chi connectivity index (χ3v) is 4.74. The van der Waals surface area contributed by atoms with Gasteiger partial charge in [-0.25, -0.2) is 9.97 Å². The van der Waals surface area contributed by atoms with Crippen molar-refractivity contribution in [3.05, 3.63) is 77.8 Å². The molecule has 0 saturated carbocycles. The van der Waals surface area contributed by atoms with Gasteiger partial charge in [0.1, 0.15) is 17.8 Å². The summed E-state index contributed by atoms with van der Waals surface area (Å²) >= 11 is 0. The van der Waals surface area contributed by atoms with E-state index in [-0.39, 0.29) is 5.91 Å². The number of aromatic nitrogens is 5. The molecule has 8 heteroatoms. The van der Waals surface area contributed by atoms with Gasteiger partial charge in [0.25, 0.3) is 11.8 Å². The van der Waals surface area contributed by atoms with Gasteiger partial charge in [-0.3, -0.25) is 9.36 Å². The highest BCUT2D eigenvalue weighted by Crippen LogP contribution is 2.19. The Morgan fingerprint density at radius 3 is 2.60 bits per heavy atom. The number of nitrogens with zero attached hydrogens (tertiary/aromatic N) is 5. The second-order valence-corrected chi connectivity index (χ2v) is 6.79. The van der Waals surface area contributed by atoms with E-state index in [1.54, 1.807) is 29.4 Å². The molecule has 1 aromatic carbocycles. The molecule has 1 N–H and O–H groups in total. The lowest BCUT2D eigenvalue weighted by molar-refractivity contribution is 0.0946. The van der Waals surface area contributed by atoms with Crippen molar-refractivity contribution in [1.82, 2.24) is 30.0 Å². The number of hydrogen-bond acceptors (Lipinski definition) is 6. The summed E-state index contributed by atoms with van der Waals surface area (Å²) in [5.41, 5.74) is 3.38. The van der Waals surface area contributed by atoms with Crippen LogP contribution in [-0.2, 0) is 19.4 Å². The van der Waals surface area contributed by atoms with Crippen LogP contribution in [-0.4, -0.2) is 30.6 Å². The van der Waals surface area contributed by atoms with Crippen LogP contribution in [0.3, 0.4) is 0 Å². The molecule has 0 bridgehead atoms. The van der Waals surface area contributed by atoms with Crippen LogP contribution in [0.2, 0.25) is 0 Å². The van der Waals surface area contributed by atoms with Gasteiger partial charge in [-0.1, -0.05) is 43.3 Å². The molecule has 0 aliphatic rings. The Morgan fingerprint density at radius 1 is 1.07 bits per heavy atom. The van der Waals surface area contributed by atoms with Crippen molar-refractivity contribution in [2.45, 2.75) is 33.2 Å². The van der Waals surface area contributed by atoms with Gasteiger partial charge in [-0.15, -0.1) is 0 Å². The molecule has 0 saturated heterocycles. The van der Waals surface area contributed by atoms with E-state index >= 15 is 0 Å². The molecule has 3 heterocycles. The highest BCUT2D eigenvalue weighted by molar-refractivity contribution is 5.92. The van der Waals surface area contributed by atoms with Gasteiger partial charge in [0.2, 0.25) is 0 Å². The van der Waals surface area contributed by atoms with Crippen LogP contribution in [0.5, 0.6) is 0 Å². The lowest BCUT2D eigenvalue weighted by Crippen LogP contribution is -2.23. The smallest absolute Gasteiger partial charge is 0.271 e. The summed E-state index contributed by atoms with van der Waals surface area (Å²) in [4.78, 5) is 25.4. The first-order valence-electron chi connectivity index (χ1n) is 9.85. The van der Waals surface area contributed by atoms with E-state index in [0.717, 1.165) is 17.5 Å². The summed E-state index contributed by atoms with van der Waals surface area (Å²) < 4.78 is 6.97. The molecule has 4 aromatic rings. The predicted molar refractivity (Wildman–Crippen MR) is 111 cm³/mol. The molecule has 4 rings (SSSR count). The molecule has 0 spiro atoms. The Balaban J connectivity index is 1.45. The molecule has 0 atom stereocenters. The van der Waals surface area contributed by atoms with E-state index < -0.39 is 0 Å². The van der Waals surface area contributed by atoms with E-state index in [4.69, 9.17) is 4.52 Å². The molecule has 0 fully saturated rings. The van der Waals surface area contributed by atoms with Crippen molar-refractivity contribution >= 4 is 5.91 Å². The van der Waals surface area contributed by atoms with Crippen LogP contribution in [0, 0.1) is 0 Å². The molecular formula is C22H22N6O2. The Hall–Kier alpha value is -3.81. The number of benzene rings is 1. The quantitative estimate of drug-likeness (QED) is 0.509. The Labute approximate surface area is 174 Å². The molecule has 1 amide bonds. The van der Waals surface area contributed by atoms with E-state index in [0.29, 0.717) is 36.2 Å². The molecule has 0 aliphatic carbocycles. The van der Waals surface area contributed by atoms with Crippen molar-refractivity contribution in [3.63, 3.8) is 0 Å². The maximum Gasteiger partial charge on any atom is 0.271 e. The van der Waals surface area contributed by atoms with Crippen molar-refractivity contribution in [2.75, 3.05) is 0 Å². The number of aryl methyl sites for hydroxylation is 2. The largest absolute Gasteiger partial charge is 0.347 e. The first kappa shape index (κ1) is 19.5. The predicted octanol–water partition coefficient (Wildman–Crippen LogP) is 3.37. The summed E-state index contributed by atoms with van der Waals surface area (Å²) in [5.74, 6) is 1.44. The number of hydrogen-bond donors (Lipinski definition) is 1. The number of carbonyl (C=O) groups excluding carboxylic acids is 1. The fourth-order valence-corrected chi connectivity index (χ4v) is 2.94. The van der Waals surface area contributed by atoms with Gasteiger partial charge in [-0.05, 0) is 29.7 Å². The third kappa shape index (κ3) is 4.27. The van der Waals surface area contributed by atoms with Crippen molar-refractivity contribution < 1.29 is 9.32 Å². The van der Waals surface area contributed by atoms with E-state index in [9.17, 15) is 4.79 Å². The standard InChI is InChI=1S/C22H22N6O2/c1-3-15-5-7-16(8-6-15)12-24-21(29)18-13-28(14-25-18)20-11-17(9-10-23-20)22-26-19(4-2)27-30-22/h5-11,13-14H,3-4,12H2,1-2H3,(H,24,29). The lowest BCUT2D eigenvalue weighted by Gasteiger charge is -2.05. The first-order chi connectivity index (χ1) is 14.7. The summed E-state index contributed by atoms with van der Waals surface area (Å²) in [6.45, 7) is 4.52. The monoisotopic (exact) mass is 402 g/mol. The van der Waals surface area contributed by atoms with Crippen LogP contribution >= 0.6 is 0 Å². The van der Waals surface area contributed by atoms with Crippen LogP contribution in [0.15, 0.2) is 59.6 Å². The number of amides is 1. The van der Waals surface area contributed by atoms with Crippen LogP contribution in [0.4, 0.5) is 0 Å². The number of nitrogens with one attached hydrogen (secondary N) is 1. The highest BCUT2D eigenvalue weighted by Gasteiger charge is 2.13. The number of imidazole rings is 1. The van der Waals surface area contributed by atoms with Gasteiger partial charge in [0, 0.05) is 30.9 Å². The van der Waals surface area contributed by atoms with Crippen molar-refractivity contribution in [1.29, 1.82) is 0 Å². The zero-order valence-electron chi connectivity index (χ0n) is 16.9. The molecule has 0 aliphatic heterocycles. The number of carbonyl (C=O) groups is 1. The molecule has 152 valence electrons. The minimum absolute atomic E-state index is 0.242. The average Bonchev–Trinajstić information content (AvgIpc) is 3.48. The summed E-state index contributed by atoms with van der Waals surface area (Å²) in [5, 5.41) is 6.81. The van der Waals surface area contributed by atoms with Gasteiger partial charge in [0.15, 0.2) is 5.82 Å². The zero-order valence-corrected chi connectivity index (χ0v) is 16.9. The van der Waals surface area contributed by atoms with Crippen molar-refractivity contribution in [3.8, 4) is 17.3 Å². The fourth-order valence-electron chi connectivity index (χ4n) is 2.94. The fraction of sp³-hybridized carbons (Fsp3) is 0.227. The number of rotatable bonds is 7. The molecule has 0 unspecified atom stereocenters. The van der Waals surface area contributed by atoms with Gasteiger partial charge >= 0.3 is 0 Å². The maximum absolute atomic E-state index is 12.5. The van der Waals surface area contributed by atoms with Crippen LogP contribution in [0.1, 0.15) is 41.3 Å². The first-order valence-corrected chi connectivity index (χ1v) is 9.85. The average molecular weight is 402 g/mol. The Bertz CT molecular complexity index is 1150. The second kappa shape index (κ2) is 8.69. The number of pyridine rings is 1. The van der Waals surface area contributed by atoms with Crippen molar-refractivity contribution in [2.24, 2.45) is 0 Å². The molecule has 30 heavy (non-hydrogen) atoms. The van der Waals surface area contributed by atoms with E-state index in [1.165, 1.54) is 5.56 Å². The van der Waals surface area contributed by atoms with E-state index in [2.05, 4.69) is 44.5 Å². The third-order valence-electron chi connectivity index (χ3n) is 4.74. The summed E-state index contributed by atoms with van der Waals surface area (Å²) in [6, 6.07) is 11.8. The van der Waals surface area contributed by atoms with E-state index in [1.807, 2.05) is 25.1 Å². The Kier molecular flexibility index (Phi) is 5.65. The highest BCUT2D eigenvalue weighted by atomic mass is 16.5. The zero-order chi connectivity index (χ0) is 20.9. The minimum Gasteiger partial charge on any atom is -0.347 e. The topological polar surface area (TPSA) is 98.7 Å². The minimum atomic E-state index is -0.242. The molecule has 3 aromatic heterocycles. The van der Waals surface area contributed by atoms with Crippen LogP contribution < -0.4 is 5.32 Å². The second-order valence-electron chi connectivity index (χ2n) is 6.79. The van der Waals surface area contributed by atoms with Gasteiger partial charge in [-0.2, -0.15) is 4.98 Å². The normalized spacial score (nSPS) is 10.9. The van der Waals surface area contributed by atoms with Crippen LogP contribution in [0.25, 0.3) is 17.3 Å². The Morgan fingerprint density at radius 2 is 1.87 bits per heavy atom. The lowest BCUT2D eigenvalue weighted by atomic mass is 10.1. The summed E-state index contributed by atoms with van der Waals surface area (Å²) in [6.07, 6.45) is 6.55. The van der Waals surface area contributed by atoms with Gasteiger partial charge < -0.3 is 9.84 Å².